The van der Waals surface area contributed by atoms with Crippen molar-refractivity contribution in [3.05, 3.63) is 0 Å². The highest BCUT2D eigenvalue weighted by atomic mass is 79.9. The van der Waals surface area contributed by atoms with Crippen LogP contribution in [0.3, 0.4) is 0 Å². The molecule has 0 rings (SSSR count). The first kappa shape index (κ1) is 31.7. The monoisotopic (exact) mass is 596 g/mol. The van der Waals surface area contributed by atoms with Crippen molar-refractivity contribution in [1.82, 2.24) is 10.6 Å². The zero-order valence-electron chi connectivity index (χ0n) is 20.5. The number of carbonyl (C=O) groups is 5. The summed E-state index contributed by atoms with van der Waals surface area (Å²) in [5.41, 5.74) is -0.662. The average Bonchev–Trinajstić information content (AvgIpc) is 2.71. The Balaban J connectivity index is 5.16. The van der Waals surface area contributed by atoms with Crippen molar-refractivity contribution in [1.29, 1.82) is 0 Å². The lowest BCUT2D eigenvalue weighted by atomic mass is 9.84. The number of halogens is 2. The molecule has 0 fully saturated rings. The number of alkyl halides is 2. The van der Waals surface area contributed by atoms with Crippen molar-refractivity contribution in [3.63, 3.8) is 0 Å². The summed E-state index contributed by atoms with van der Waals surface area (Å²) in [4.78, 5) is 61.4. The maximum absolute atomic E-state index is 13.0. The molecule has 0 aliphatic heterocycles. The van der Waals surface area contributed by atoms with Crippen molar-refractivity contribution < 1.29 is 28.7 Å². The number of carbonyl (C=O) groups excluding carboxylic acids is 5. The first-order valence-corrected chi connectivity index (χ1v) is 13.4. The van der Waals surface area contributed by atoms with Crippen molar-refractivity contribution in [3.8, 4) is 0 Å². The SMILES string of the molecule is CC(=O)NCCC[C@H](NC(=O)[C@@H](CC(=O)COC(=O)C(CBr)CBr)C(C)C)C(=O)C(C)(C)C. The van der Waals surface area contributed by atoms with Crippen LogP contribution in [0.1, 0.15) is 60.8 Å². The Kier molecular flexibility index (Phi) is 15.0. The molecule has 190 valence electrons. The van der Waals surface area contributed by atoms with E-state index in [0.717, 1.165) is 0 Å². The van der Waals surface area contributed by atoms with E-state index in [-0.39, 0.29) is 35.7 Å². The van der Waals surface area contributed by atoms with Crippen molar-refractivity contribution in [2.45, 2.75) is 66.8 Å². The number of rotatable bonds is 15. The predicted octanol–water partition coefficient (Wildman–Crippen LogP) is 3.18. The molecular formula is C23H38Br2N2O6. The van der Waals surface area contributed by atoms with Gasteiger partial charge in [-0.1, -0.05) is 66.5 Å². The van der Waals surface area contributed by atoms with Gasteiger partial charge in [0, 0.05) is 41.9 Å². The van der Waals surface area contributed by atoms with Gasteiger partial charge in [-0.3, -0.25) is 24.0 Å². The van der Waals surface area contributed by atoms with Gasteiger partial charge in [0.25, 0.3) is 0 Å². The molecule has 0 aliphatic carbocycles. The van der Waals surface area contributed by atoms with Gasteiger partial charge in [-0.25, -0.2) is 0 Å². The number of ether oxygens (including phenoxy) is 1. The highest BCUT2D eigenvalue weighted by Crippen LogP contribution is 2.21. The molecule has 0 spiro atoms. The summed E-state index contributed by atoms with van der Waals surface area (Å²) in [6, 6.07) is -0.723. The van der Waals surface area contributed by atoms with Crippen molar-refractivity contribution in [2.24, 2.45) is 23.2 Å². The Morgan fingerprint density at radius 1 is 1.00 bits per heavy atom. The number of esters is 1. The molecule has 33 heavy (non-hydrogen) atoms. The maximum Gasteiger partial charge on any atom is 0.311 e. The van der Waals surface area contributed by atoms with Crippen molar-refractivity contribution in [2.75, 3.05) is 23.8 Å². The molecule has 10 heteroatoms. The van der Waals surface area contributed by atoms with E-state index in [0.29, 0.717) is 30.0 Å². The van der Waals surface area contributed by atoms with Crippen LogP contribution in [-0.4, -0.2) is 59.2 Å². The van der Waals surface area contributed by atoms with Gasteiger partial charge in [0.2, 0.25) is 11.8 Å². The molecule has 0 aromatic carbocycles. The number of hydrogen-bond acceptors (Lipinski definition) is 6. The molecule has 2 N–H and O–H groups in total. The smallest absolute Gasteiger partial charge is 0.311 e. The van der Waals surface area contributed by atoms with Gasteiger partial charge in [0.1, 0.15) is 6.61 Å². The van der Waals surface area contributed by atoms with Gasteiger partial charge in [0.05, 0.1) is 12.0 Å². The van der Waals surface area contributed by atoms with Crippen molar-refractivity contribution >= 4 is 61.2 Å². The van der Waals surface area contributed by atoms with Crippen LogP contribution in [0, 0.1) is 23.2 Å². The molecule has 0 aromatic heterocycles. The third kappa shape index (κ3) is 12.7. The number of ketones is 2. The topological polar surface area (TPSA) is 119 Å². The van der Waals surface area contributed by atoms with Crippen LogP contribution >= 0.6 is 31.9 Å². The third-order valence-electron chi connectivity index (χ3n) is 5.09. The second-order valence-corrected chi connectivity index (χ2v) is 10.8. The van der Waals surface area contributed by atoms with Gasteiger partial charge in [-0.05, 0) is 18.8 Å². The zero-order chi connectivity index (χ0) is 25.8. The highest BCUT2D eigenvalue weighted by Gasteiger charge is 2.33. The Morgan fingerprint density at radius 2 is 1.58 bits per heavy atom. The Morgan fingerprint density at radius 3 is 2.03 bits per heavy atom. The Labute approximate surface area is 214 Å². The van der Waals surface area contributed by atoms with Crippen LogP contribution in [0.15, 0.2) is 0 Å². The third-order valence-corrected chi connectivity index (χ3v) is 6.65. The average molecular weight is 598 g/mol. The van der Waals surface area contributed by atoms with E-state index < -0.39 is 35.9 Å². The van der Waals surface area contributed by atoms with Gasteiger partial charge in [-0.2, -0.15) is 0 Å². The number of Topliss-reactive ketones (excluding diaryl/α,β-unsaturated/α-hetero) is 2. The van der Waals surface area contributed by atoms with Crippen LogP contribution in [-0.2, 0) is 28.7 Å². The van der Waals surface area contributed by atoms with Crippen LogP contribution in [0.25, 0.3) is 0 Å². The van der Waals surface area contributed by atoms with Gasteiger partial charge >= 0.3 is 5.97 Å². The quantitative estimate of drug-likeness (QED) is 0.170. The fourth-order valence-corrected chi connectivity index (χ4v) is 4.61. The standard InChI is InChI=1S/C23H38Br2N2O6/c1-14(2)18(10-17(29)13-33-22(32)16(11-24)12-25)21(31)27-19(20(30)23(4,5)6)8-7-9-26-15(3)28/h14,16,18-19H,7-13H2,1-6H3,(H,26,28)(H,27,31)/t18-,19-/m0/s1. The molecule has 2 atom stereocenters. The fourth-order valence-electron chi connectivity index (χ4n) is 3.01. The van der Waals surface area contributed by atoms with Crippen LogP contribution in [0.4, 0.5) is 0 Å². The summed E-state index contributed by atoms with van der Waals surface area (Å²) in [7, 11) is 0. The molecular weight excluding hydrogens is 560 g/mol. The number of amides is 2. The molecule has 0 aliphatic rings. The zero-order valence-corrected chi connectivity index (χ0v) is 23.6. The molecule has 0 saturated heterocycles. The molecule has 0 bridgehead atoms. The molecule has 2 amide bonds. The van der Waals surface area contributed by atoms with Crippen LogP contribution < -0.4 is 10.6 Å². The van der Waals surface area contributed by atoms with Crippen LogP contribution in [0.2, 0.25) is 0 Å². The summed E-state index contributed by atoms with van der Waals surface area (Å²) >= 11 is 6.45. The summed E-state index contributed by atoms with van der Waals surface area (Å²) in [6.07, 6.45) is 0.807. The minimum Gasteiger partial charge on any atom is -0.457 e. The lowest BCUT2D eigenvalue weighted by molar-refractivity contribution is -0.151. The second kappa shape index (κ2) is 15.6. The predicted molar refractivity (Wildman–Crippen MR) is 134 cm³/mol. The van der Waals surface area contributed by atoms with Gasteiger partial charge in [0.15, 0.2) is 11.6 Å². The maximum atomic E-state index is 13.0. The highest BCUT2D eigenvalue weighted by molar-refractivity contribution is 9.09. The Bertz CT molecular complexity index is 687. The minimum atomic E-state index is -0.723. The second-order valence-electron chi connectivity index (χ2n) is 9.51. The Hall–Kier alpha value is -1.29. The first-order valence-electron chi connectivity index (χ1n) is 11.1. The number of nitrogens with one attached hydrogen (secondary N) is 2. The van der Waals surface area contributed by atoms with Gasteiger partial charge < -0.3 is 15.4 Å². The lowest BCUT2D eigenvalue weighted by Crippen LogP contribution is -2.49. The summed E-state index contributed by atoms with van der Waals surface area (Å²) < 4.78 is 5.09. The molecule has 8 nitrogen and oxygen atoms in total. The minimum absolute atomic E-state index is 0.0909. The number of hydrogen-bond donors (Lipinski definition) is 2. The largest absolute Gasteiger partial charge is 0.457 e. The van der Waals surface area contributed by atoms with Gasteiger partial charge in [-0.15, -0.1) is 0 Å². The summed E-state index contributed by atoms with van der Waals surface area (Å²) in [5.74, 6) is -2.72. The first-order chi connectivity index (χ1) is 15.2. The van der Waals surface area contributed by atoms with E-state index in [1.54, 1.807) is 20.8 Å². The lowest BCUT2D eigenvalue weighted by Gasteiger charge is -2.28. The fraction of sp³-hybridized carbons (Fsp3) is 0.783. The molecule has 0 unspecified atom stereocenters. The molecule has 0 heterocycles. The molecule has 0 aromatic rings. The van der Waals surface area contributed by atoms with E-state index in [1.807, 2.05) is 13.8 Å². The molecule has 0 radical (unpaired) electrons. The summed E-state index contributed by atoms with van der Waals surface area (Å²) in [6.45, 7) is 10.4. The van der Waals surface area contributed by atoms with E-state index in [2.05, 4.69) is 42.5 Å². The normalized spacial score (nSPS) is 13.4. The van der Waals surface area contributed by atoms with E-state index >= 15 is 0 Å². The van der Waals surface area contributed by atoms with E-state index in [4.69, 9.17) is 4.74 Å². The van der Waals surface area contributed by atoms with E-state index in [1.165, 1.54) is 6.92 Å². The van der Waals surface area contributed by atoms with E-state index in [9.17, 15) is 24.0 Å². The van der Waals surface area contributed by atoms with Crippen LogP contribution in [0.5, 0.6) is 0 Å². The molecule has 0 saturated carbocycles. The summed E-state index contributed by atoms with van der Waals surface area (Å²) in [5, 5.41) is 6.33.